The number of carbonyl (C=O) groups excluding carboxylic acids is 2. The molecule has 0 radical (unpaired) electrons. The van der Waals surface area contributed by atoms with Crippen molar-refractivity contribution in [2.75, 3.05) is 26.0 Å². The van der Waals surface area contributed by atoms with Gasteiger partial charge in [-0.2, -0.15) is 5.10 Å². The van der Waals surface area contributed by atoms with Crippen LogP contribution < -0.4 is 10.1 Å². The van der Waals surface area contributed by atoms with Gasteiger partial charge in [0.1, 0.15) is 0 Å². The van der Waals surface area contributed by atoms with E-state index in [4.69, 9.17) is 4.74 Å². The molecule has 124 valence electrons. The van der Waals surface area contributed by atoms with Crippen LogP contribution in [-0.4, -0.2) is 52.2 Å². The Morgan fingerprint density at radius 1 is 1.39 bits per heavy atom. The van der Waals surface area contributed by atoms with Crippen LogP contribution in [0.4, 0.5) is 5.13 Å². The highest BCUT2D eigenvalue weighted by Crippen LogP contribution is 2.22. The second-order valence-electron chi connectivity index (χ2n) is 5.18. The Hall–Kier alpha value is -2.42. The Labute approximate surface area is 138 Å². The molecule has 0 aromatic carbocycles. The van der Waals surface area contributed by atoms with Crippen LogP contribution in [0.15, 0.2) is 6.07 Å². The molecule has 0 unspecified atom stereocenters. The minimum Gasteiger partial charge on any atom is -0.468 e. The predicted molar refractivity (Wildman–Crippen MR) is 86.9 cm³/mol. The highest BCUT2D eigenvalue weighted by Gasteiger charge is 2.16. The summed E-state index contributed by atoms with van der Waals surface area (Å²) in [5.41, 5.74) is 1.09. The van der Waals surface area contributed by atoms with Gasteiger partial charge in [-0.05, 0) is 13.8 Å². The molecule has 8 nitrogen and oxygen atoms in total. The predicted octanol–water partition coefficient (Wildman–Crippen LogP) is 1.21. The normalized spacial score (nSPS) is 10.5. The van der Waals surface area contributed by atoms with E-state index in [0.29, 0.717) is 11.0 Å². The summed E-state index contributed by atoms with van der Waals surface area (Å²) in [7, 11) is 4.93. The number of aromatic nitrogens is 3. The maximum atomic E-state index is 12.2. The van der Waals surface area contributed by atoms with Gasteiger partial charge in [0.2, 0.25) is 5.88 Å². The fourth-order valence-electron chi connectivity index (χ4n) is 1.65. The molecule has 0 spiro atoms. The third kappa shape index (κ3) is 4.07. The fourth-order valence-corrected chi connectivity index (χ4v) is 2.46. The smallest absolute Gasteiger partial charge is 0.278 e. The molecule has 0 saturated heterocycles. The Morgan fingerprint density at radius 3 is 2.65 bits per heavy atom. The molecule has 0 aliphatic rings. The van der Waals surface area contributed by atoms with Crippen LogP contribution in [0.25, 0.3) is 0 Å². The molecule has 0 saturated carbocycles. The minimum absolute atomic E-state index is 0.113. The van der Waals surface area contributed by atoms with Crippen molar-refractivity contribution < 1.29 is 14.3 Å². The zero-order valence-electron chi connectivity index (χ0n) is 13.7. The molecule has 1 N–H and O–H groups in total. The number of ether oxygens (including phenoxy) is 1. The van der Waals surface area contributed by atoms with Gasteiger partial charge in [-0.25, -0.2) is 9.67 Å². The molecular weight excluding hydrogens is 318 g/mol. The lowest BCUT2D eigenvalue weighted by atomic mass is 10.4. The summed E-state index contributed by atoms with van der Waals surface area (Å²) < 4.78 is 6.79. The largest absolute Gasteiger partial charge is 0.468 e. The summed E-state index contributed by atoms with van der Waals surface area (Å²) in [6.45, 7) is 3.71. The first-order chi connectivity index (χ1) is 10.8. The topological polar surface area (TPSA) is 89.3 Å². The van der Waals surface area contributed by atoms with Gasteiger partial charge in [-0.1, -0.05) is 0 Å². The number of thiazole rings is 1. The maximum Gasteiger partial charge on any atom is 0.278 e. The van der Waals surface area contributed by atoms with Crippen molar-refractivity contribution in [2.24, 2.45) is 7.05 Å². The number of aryl methyl sites for hydroxylation is 3. The SMILES string of the molecule is Cc1nc(NC(=O)c2cc(OCC(=O)N(C)C)n(C)n2)sc1C. The van der Waals surface area contributed by atoms with Crippen LogP contribution in [0, 0.1) is 13.8 Å². The van der Waals surface area contributed by atoms with Crippen molar-refractivity contribution in [3.63, 3.8) is 0 Å². The highest BCUT2D eigenvalue weighted by atomic mass is 32.1. The second-order valence-corrected chi connectivity index (χ2v) is 6.39. The number of likely N-dealkylation sites (N-methyl/N-ethyl adjacent to an activating group) is 1. The Kier molecular flexibility index (Phi) is 4.99. The summed E-state index contributed by atoms with van der Waals surface area (Å²) in [6, 6.07) is 1.49. The van der Waals surface area contributed by atoms with Gasteiger partial charge >= 0.3 is 0 Å². The van der Waals surface area contributed by atoms with Gasteiger partial charge in [0, 0.05) is 32.1 Å². The molecule has 0 aliphatic carbocycles. The first-order valence-corrected chi connectivity index (χ1v) is 7.72. The molecule has 0 atom stereocenters. The van der Waals surface area contributed by atoms with Crippen LogP contribution in [0.3, 0.4) is 0 Å². The van der Waals surface area contributed by atoms with Crippen LogP contribution in [0.2, 0.25) is 0 Å². The Morgan fingerprint density at radius 2 is 2.09 bits per heavy atom. The van der Waals surface area contributed by atoms with E-state index in [1.165, 1.54) is 27.0 Å². The lowest BCUT2D eigenvalue weighted by Crippen LogP contribution is -2.27. The van der Waals surface area contributed by atoms with E-state index in [0.717, 1.165) is 10.6 Å². The summed E-state index contributed by atoms with van der Waals surface area (Å²) in [6.07, 6.45) is 0. The highest BCUT2D eigenvalue weighted by molar-refractivity contribution is 7.15. The first-order valence-electron chi connectivity index (χ1n) is 6.90. The van der Waals surface area contributed by atoms with Crippen LogP contribution in [-0.2, 0) is 11.8 Å². The molecule has 0 bridgehead atoms. The molecule has 2 aromatic heterocycles. The summed E-state index contributed by atoms with van der Waals surface area (Å²) in [4.78, 5) is 30.5. The van der Waals surface area contributed by atoms with E-state index in [9.17, 15) is 9.59 Å². The van der Waals surface area contributed by atoms with E-state index in [1.54, 1.807) is 21.1 Å². The number of amides is 2. The maximum absolute atomic E-state index is 12.2. The van der Waals surface area contributed by atoms with Crippen LogP contribution in [0.5, 0.6) is 5.88 Å². The average Bonchev–Trinajstić information content (AvgIpc) is 2.99. The van der Waals surface area contributed by atoms with Crippen molar-refractivity contribution in [1.29, 1.82) is 0 Å². The third-order valence-electron chi connectivity index (χ3n) is 3.16. The van der Waals surface area contributed by atoms with E-state index in [-0.39, 0.29) is 24.1 Å². The average molecular weight is 337 g/mol. The zero-order valence-corrected chi connectivity index (χ0v) is 14.5. The lowest BCUT2D eigenvalue weighted by molar-refractivity contribution is -0.130. The number of nitrogens with one attached hydrogen (secondary N) is 1. The number of nitrogens with zero attached hydrogens (tertiary/aromatic N) is 4. The summed E-state index contributed by atoms with van der Waals surface area (Å²) in [5, 5.41) is 7.32. The number of hydrogen-bond acceptors (Lipinski definition) is 6. The summed E-state index contributed by atoms with van der Waals surface area (Å²) in [5.74, 6) is -0.203. The molecular formula is C14H19N5O3S. The van der Waals surface area contributed by atoms with Gasteiger partial charge in [0.15, 0.2) is 17.4 Å². The van der Waals surface area contributed by atoms with Gasteiger partial charge in [-0.15, -0.1) is 11.3 Å². The quantitative estimate of drug-likeness (QED) is 0.886. The Balaban J connectivity index is 2.04. The van der Waals surface area contributed by atoms with E-state index < -0.39 is 0 Å². The molecule has 9 heteroatoms. The molecule has 0 aliphatic heterocycles. The minimum atomic E-state index is -0.372. The zero-order chi connectivity index (χ0) is 17.1. The molecule has 23 heavy (non-hydrogen) atoms. The van der Waals surface area contributed by atoms with Gasteiger partial charge in [-0.3, -0.25) is 14.9 Å². The molecule has 2 heterocycles. The van der Waals surface area contributed by atoms with Crippen LogP contribution >= 0.6 is 11.3 Å². The van der Waals surface area contributed by atoms with Gasteiger partial charge in [0.05, 0.1) is 5.69 Å². The number of hydrogen-bond donors (Lipinski definition) is 1. The van der Waals surface area contributed by atoms with Crippen molar-refractivity contribution >= 4 is 28.3 Å². The first kappa shape index (κ1) is 16.9. The molecule has 0 fully saturated rings. The van der Waals surface area contributed by atoms with Crippen molar-refractivity contribution in [3.8, 4) is 5.88 Å². The second kappa shape index (κ2) is 6.78. The monoisotopic (exact) mass is 337 g/mol. The molecule has 2 rings (SSSR count). The van der Waals surface area contributed by atoms with Crippen LogP contribution in [0.1, 0.15) is 21.1 Å². The Bertz CT molecular complexity index is 715. The van der Waals surface area contributed by atoms with Gasteiger partial charge < -0.3 is 9.64 Å². The number of anilines is 1. The van der Waals surface area contributed by atoms with E-state index >= 15 is 0 Å². The van der Waals surface area contributed by atoms with Crippen molar-refractivity contribution in [3.05, 3.63) is 22.3 Å². The van der Waals surface area contributed by atoms with E-state index in [2.05, 4.69) is 15.4 Å². The van der Waals surface area contributed by atoms with Crippen molar-refractivity contribution in [2.45, 2.75) is 13.8 Å². The fraction of sp³-hybridized carbons (Fsp3) is 0.429. The van der Waals surface area contributed by atoms with Crippen molar-refractivity contribution in [1.82, 2.24) is 19.7 Å². The third-order valence-corrected chi connectivity index (χ3v) is 4.15. The summed E-state index contributed by atoms with van der Waals surface area (Å²) >= 11 is 1.41. The molecule has 2 amide bonds. The number of rotatable bonds is 5. The van der Waals surface area contributed by atoms with Gasteiger partial charge in [0.25, 0.3) is 11.8 Å². The standard InChI is InChI=1S/C14H19N5O3S/c1-8-9(2)23-14(15-8)16-13(21)10-6-12(19(5)17-10)22-7-11(20)18(3)4/h6H,7H2,1-5H3,(H,15,16,21). The molecule has 2 aromatic rings. The lowest BCUT2D eigenvalue weighted by Gasteiger charge is -2.10. The number of carbonyl (C=O) groups is 2. The van der Waals surface area contributed by atoms with E-state index in [1.807, 2.05) is 13.8 Å².